The first-order chi connectivity index (χ1) is 9.54. The molecule has 20 heavy (non-hydrogen) atoms. The molecule has 0 spiro atoms. The van der Waals surface area contributed by atoms with Crippen LogP contribution >= 0.6 is 11.3 Å². The molecule has 2 rings (SSSR count). The molecule has 6 heteroatoms. The third-order valence-corrected chi connectivity index (χ3v) is 4.20. The molecule has 1 amide bonds. The van der Waals surface area contributed by atoms with Gasteiger partial charge < -0.3 is 10.4 Å². The summed E-state index contributed by atoms with van der Waals surface area (Å²) in [5, 5.41) is 14.7. The van der Waals surface area contributed by atoms with Gasteiger partial charge in [-0.2, -0.15) is 0 Å². The molecule has 2 N–H and O–H groups in total. The highest BCUT2D eigenvalue weighted by Crippen LogP contribution is 2.24. The van der Waals surface area contributed by atoms with Crippen LogP contribution < -0.4 is 5.32 Å². The second-order valence-corrected chi connectivity index (χ2v) is 6.09. The number of carbonyl (C=O) groups is 2. The highest BCUT2D eigenvalue weighted by molar-refractivity contribution is 7.09. The molecule has 2 atom stereocenters. The maximum atomic E-state index is 11.8. The normalized spacial score (nSPS) is 22.9. The van der Waals surface area contributed by atoms with Crippen LogP contribution in [0, 0.1) is 12.8 Å². The van der Waals surface area contributed by atoms with E-state index in [0.29, 0.717) is 12.8 Å². The van der Waals surface area contributed by atoms with Crippen molar-refractivity contribution in [2.24, 2.45) is 5.92 Å². The number of nitrogens with one attached hydrogen (secondary N) is 1. The highest BCUT2D eigenvalue weighted by atomic mass is 32.1. The van der Waals surface area contributed by atoms with Gasteiger partial charge in [0, 0.05) is 17.5 Å². The first kappa shape index (κ1) is 14.7. The number of aryl methyl sites for hydroxylation is 1. The summed E-state index contributed by atoms with van der Waals surface area (Å²) in [7, 11) is 0. The molecule has 0 radical (unpaired) electrons. The summed E-state index contributed by atoms with van der Waals surface area (Å²) in [5.41, 5.74) is 0.773. The molecule has 1 aromatic rings. The van der Waals surface area contributed by atoms with Gasteiger partial charge in [-0.1, -0.05) is 6.42 Å². The summed E-state index contributed by atoms with van der Waals surface area (Å²) in [6, 6.07) is -0.0424. The van der Waals surface area contributed by atoms with E-state index in [-0.39, 0.29) is 17.9 Å². The Bertz CT molecular complexity index is 524. The van der Waals surface area contributed by atoms with Crippen molar-refractivity contribution >= 4 is 29.3 Å². The molecule has 5 nitrogen and oxygen atoms in total. The van der Waals surface area contributed by atoms with Crippen molar-refractivity contribution < 1.29 is 14.7 Å². The summed E-state index contributed by atoms with van der Waals surface area (Å²) in [6.45, 7) is 1.91. The number of amides is 1. The number of hydrogen-bond acceptors (Lipinski definition) is 4. The lowest BCUT2D eigenvalue weighted by Gasteiger charge is -2.26. The van der Waals surface area contributed by atoms with E-state index >= 15 is 0 Å². The van der Waals surface area contributed by atoms with E-state index in [0.717, 1.165) is 23.5 Å². The van der Waals surface area contributed by atoms with Crippen LogP contribution in [0.2, 0.25) is 0 Å². The Hall–Kier alpha value is -1.69. The number of carbonyl (C=O) groups excluding carboxylic acids is 1. The zero-order chi connectivity index (χ0) is 14.5. The zero-order valence-corrected chi connectivity index (χ0v) is 12.2. The Balaban J connectivity index is 1.85. The van der Waals surface area contributed by atoms with Crippen LogP contribution in [0.4, 0.5) is 0 Å². The van der Waals surface area contributed by atoms with Gasteiger partial charge in [-0.3, -0.25) is 9.59 Å². The van der Waals surface area contributed by atoms with E-state index in [1.54, 1.807) is 6.08 Å². The number of hydrogen-bond donors (Lipinski definition) is 2. The number of carboxylic acids is 1. The number of nitrogens with zero attached hydrogens (tertiary/aromatic N) is 1. The molecular weight excluding hydrogens is 276 g/mol. The first-order valence-corrected chi connectivity index (χ1v) is 7.56. The molecule has 1 heterocycles. The average Bonchev–Trinajstić information content (AvgIpc) is 2.82. The van der Waals surface area contributed by atoms with Crippen molar-refractivity contribution in [1.82, 2.24) is 10.3 Å². The Kier molecular flexibility index (Phi) is 4.89. The van der Waals surface area contributed by atoms with Gasteiger partial charge in [-0.25, -0.2) is 4.98 Å². The van der Waals surface area contributed by atoms with Gasteiger partial charge >= 0.3 is 5.97 Å². The van der Waals surface area contributed by atoms with Crippen molar-refractivity contribution in [2.75, 3.05) is 0 Å². The molecule has 1 aliphatic rings. The molecule has 0 bridgehead atoms. The fourth-order valence-corrected chi connectivity index (χ4v) is 2.99. The van der Waals surface area contributed by atoms with E-state index in [1.165, 1.54) is 17.4 Å². The third-order valence-electron chi connectivity index (χ3n) is 3.41. The smallest absolute Gasteiger partial charge is 0.306 e. The first-order valence-electron chi connectivity index (χ1n) is 6.68. The topological polar surface area (TPSA) is 79.3 Å². The van der Waals surface area contributed by atoms with Gasteiger partial charge in [0.1, 0.15) is 0 Å². The second-order valence-electron chi connectivity index (χ2n) is 5.03. The van der Waals surface area contributed by atoms with Crippen LogP contribution in [0.25, 0.3) is 6.08 Å². The molecule has 108 valence electrons. The van der Waals surface area contributed by atoms with Crippen molar-refractivity contribution in [3.8, 4) is 0 Å². The molecule has 1 aromatic heterocycles. The second kappa shape index (κ2) is 6.65. The van der Waals surface area contributed by atoms with E-state index in [4.69, 9.17) is 5.11 Å². The number of rotatable bonds is 4. The van der Waals surface area contributed by atoms with Crippen molar-refractivity contribution in [1.29, 1.82) is 0 Å². The molecule has 0 aliphatic heterocycles. The molecule has 0 saturated heterocycles. The van der Waals surface area contributed by atoms with Crippen molar-refractivity contribution in [2.45, 2.75) is 38.6 Å². The lowest BCUT2D eigenvalue weighted by molar-refractivity contribution is -0.143. The molecular formula is C14H18N2O3S. The minimum absolute atomic E-state index is 0.0424. The minimum Gasteiger partial charge on any atom is -0.481 e. The van der Waals surface area contributed by atoms with E-state index in [1.807, 2.05) is 12.3 Å². The molecule has 1 aliphatic carbocycles. The van der Waals surface area contributed by atoms with Gasteiger partial charge in [0.15, 0.2) is 0 Å². The predicted molar refractivity (Wildman–Crippen MR) is 77.4 cm³/mol. The van der Waals surface area contributed by atoms with Gasteiger partial charge in [0.25, 0.3) is 0 Å². The van der Waals surface area contributed by atoms with Crippen molar-refractivity contribution in [3.05, 3.63) is 22.2 Å². The number of carboxylic acid groups (broad SMARTS) is 1. The van der Waals surface area contributed by atoms with E-state index in [2.05, 4.69) is 10.3 Å². The SMILES string of the molecule is Cc1nc(C=CC(=O)NC2CCCC(C(=O)O)C2)cs1. The van der Waals surface area contributed by atoms with Gasteiger partial charge in [0.05, 0.1) is 16.6 Å². The van der Waals surface area contributed by atoms with Crippen LogP contribution in [0.3, 0.4) is 0 Å². The molecule has 2 unspecified atom stereocenters. The maximum Gasteiger partial charge on any atom is 0.306 e. The van der Waals surface area contributed by atoms with E-state index in [9.17, 15) is 9.59 Å². The monoisotopic (exact) mass is 294 g/mol. The third kappa shape index (κ3) is 4.16. The quantitative estimate of drug-likeness (QED) is 0.835. The summed E-state index contributed by atoms with van der Waals surface area (Å²) in [4.78, 5) is 27.0. The summed E-state index contributed by atoms with van der Waals surface area (Å²) in [5.74, 6) is -1.29. The molecule has 1 fully saturated rings. The van der Waals surface area contributed by atoms with Crippen LogP contribution in [-0.4, -0.2) is 28.0 Å². The van der Waals surface area contributed by atoms with Gasteiger partial charge in [-0.15, -0.1) is 11.3 Å². The summed E-state index contributed by atoms with van der Waals surface area (Å²) < 4.78 is 0. The average molecular weight is 294 g/mol. The number of aliphatic carboxylic acids is 1. The van der Waals surface area contributed by atoms with Crippen LogP contribution in [0.15, 0.2) is 11.5 Å². The zero-order valence-electron chi connectivity index (χ0n) is 11.3. The Morgan fingerprint density at radius 2 is 2.30 bits per heavy atom. The summed E-state index contributed by atoms with van der Waals surface area (Å²) in [6.07, 6.45) is 6.05. The van der Waals surface area contributed by atoms with Crippen LogP contribution in [0.1, 0.15) is 36.4 Å². The van der Waals surface area contributed by atoms with Crippen LogP contribution in [-0.2, 0) is 9.59 Å². The lowest BCUT2D eigenvalue weighted by atomic mass is 9.86. The lowest BCUT2D eigenvalue weighted by Crippen LogP contribution is -2.39. The molecule has 1 saturated carbocycles. The fourth-order valence-electron chi connectivity index (χ4n) is 2.41. The Morgan fingerprint density at radius 3 is 2.95 bits per heavy atom. The number of aromatic nitrogens is 1. The molecule has 0 aromatic carbocycles. The maximum absolute atomic E-state index is 11.8. The van der Waals surface area contributed by atoms with Crippen molar-refractivity contribution in [3.63, 3.8) is 0 Å². The van der Waals surface area contributed by atoms with Gasteiger partial charge in [-0.05, 0) is 32.3 Å². The predicted octanol–water partition coefficient (Wildman–Crippen LogP) is 2.22. The van der Waals surface area contributed by atoms with Gasteiger partial charge in [0.2, 0.25) is 5.91 Å². The van der Waals surface area contributed by atoms with E-state index < -0.39 is 5.97 Å². The Morgan fingerprint density at radius 1 is 1.50 bits per heavy atom. The Labute approximate surface area is 121 Å². The summed E-state index contributed by atoms with van der Waals surface area (Å²) >= 11 is 1.54. The number of thiazole rings is 1. The standard InChI is InChI=1S/C14H18N2O3S/c1-9-15-12(8-20-9)5-6-13(17)16-11-4-2-3-10(7-11)14(18)19/h5-6,8,10-11H,2-4,7H2,1H3,(H,16,17)(H,18,19). The fraction of sp³-hybridized carbons (Fsp3) is 0.500. The largest absolute Gasteiger partial charge is 0.481 e. The minimum atomic E-state index is -0.766. The van der Waals surface area contributed by atoms with Crippen LogP contribution in [0.5, 0.6) is 0 Å². The highest BCUT2D eigenvalue weighted by Gasteiger charge is 2.27.